The smallest absolute Gasteiger partial charge is 0.748 e. The molecule has 0 aromatic heterocycles. The molecule has 0 amide bonds. The Labute approximate surface area is 204 Å². The molecular weight excluding hydrogens is 395 g/mol. The average Bonchev–Trinajstić information content (AvgIpc) is 2.65. The van der Waals surface area contributed by atoms with E-state index in [1.807, 2.05) is 6.92 Å². The van der Waals surface area contributed by atoms with Crippen molar-refractivity contribution in [3.63, 3.8) is 0 Å². The van der Waals surface area contributed by atoms with E-state index in [4.69, 9.17) is 0 Å². The predicted molar refractivity (Wildman–Crippen MR) is 119 cm³/mol. The van der Waals surface area contributed by atoms with Gasteiger partial charge in [0.05, 0.1) is 16.2 Å². The molecule has 0 saturated carbocycles. The molecule has 29 heavy (non-hydrogen) atoms. The zero-order valence-corrected chi connectivity index (χ0v) is 22.5. The van der Waals surface area contributed by atoms with Crippen molar-refractivity contribution in [2.45, 2.75) is 147 Å². The molecular formula is C23H47NaO4S. The van der Waals surface area contributed by atoms with Crippen molar-refractivity contribution in [1.29, 1.82) is 0 Å². The summed E-state index contributed by atoms with van der Waals surface area (Å²) in [5.41, 5.74) is 0. The average molecular weight is 443 g/mol. The van der Waals surface area contributed by atoms with Crippen molar-refractivity contribution in [3.05, 3.63) is 0 Å². The summed E-state index contributed by atoms with van der Waals surface area (Å²) in [7, 11) is -4.15. The van der Waals surface area contributed by atoms with E-state index in [-0.39, 0.29) is 35.7 Å². The van der Waals surface area contributed by atoms with E-state index in [0.29, 0.717) is 12.8 Å². The second-order valence-electron chi connectivity index (χ2n) is 8.49. The van der Waals surface area contributed by atoms with Gasteiger partial charge >= 0.3 is 29.6 Å². The van der Waals surface area contributed by atoms with Gasteiger partial charge in [-0.3, -0.25) is 0 Å². The first-order chi connectivity index (χ1) is 13.4. The number of hydrogen-bond acceptors (Lipinski definition) is 4. The Morgan fingerprint density at radius 3 is 1.34 bits per heavy atom. The van der Waals surface area contributed by atoms with Gasteiger partial charge in [-0.15, -0.1) is 0 Å². The summed E-state index contributed by atoms with van der Waals surface area (Å²) in [6, 6.07) is 0. The number of aliphatic hydroxyl groups is 1. The number of hydrogen-bond donors (Lipinski definition) is 1. The summed E-state index contributed by atoms with van der Waals surface area (Å²) in [6.45, 7) is 4.20. The van der Waals surface area contributed by atoms with Crippen molar-refractivity contribution >= 4 is 10.1 Å². The predicted octanol–water partition coefficient (Wildman–Crippen LogP) is 3.72. The van der Waals surface area contributed by atoms with E-state index < -0.39 is 15.4 Å². The molecule has 170 valence electrons. The van der Waals surface area contributed by atoms with Crippen LogP contribution in [0.15, 0.2) is 0 Å². The Bertz CT molecular complexity index is 429. The second kappa shape index (κ2) is 22.1. The van der Waals surface area contributed by atoms with E-state index >= 15 is 0 Å². The molecule has 6 heteroatoms. The standard InChI is InChI=1S/C23H48O4S.Na/c1-3-5-6-7-14-17-20-23(28(25,26)27)21-18-15-12-10-8-9-11-13-16-19-22(24)4-2;/h22-24H,3-21H2,1-2H3,(H,25,26,27);/q;+1/p-1. The summed E-state index contributed by atoms with van der Waals surface area (Å²) in [5.74, 6) is 0. The van der Waals surface area contributed by atoms with Crippen molar-refractivity contribution in [2.75, 3.05) is 0 Å². The Kier molecular flexibility index (Phi) is 24.4. The fraction of sp³-hybridized carbons (Fsp3) is 1.00. The maximum Gasteiger partial charge on any atom is 1.00 e. The molecule has 0 aliphatic carbocycles. The summed E-state index contributed by atoms with van der Waals surface area (Å²) < 4.78 is 34.4. The van der Waals surface area contributed by atoms with Crippen LogP contribution in [0.4, 0.5) is 0 Å². The van der Waals surface area contributed by atoms with E-state index in [2.05, 4.69) is 6.92 Å². The van der Waals surface area contributed by atoms with E-state index in [0.717, 1.165) is 57.8 Å². The summed E-state index contributed by atoms with van der Waals surface area (Å²) in [5, 5.41) is 8.84. The van der Waals surface area contributed by atoms with Crippen molar-refractivity contribution in [3.8, 4) is 0 Å². The molecule has 1 N–H and O–H groups in total. The summed E-state index contributed by atoms with van der Waals surface area (Å²) >= 11 is 0. The minimum Gasteiger partial charge on any atom is -0.748 e. The molecule has 0 fully saturated rings. The number of aliphatic hydroxyl groups excluding tert-OH is 1. The molecule has 2 atom stereocenters. The Morgan fingerprint density at radius 2 is 1.00 bits per heavy atom. The van der Waals surface area contributed by atoms with Gasteiger partial charge in [0.15, 0.2) is 0 Å². The van der Waals surface area contributed by atoms with E-state index in [9.17, 15) is 18.1 Å². The maximum atomic E-state index is 11.5. The van der Waals surface area contributed by atoms with Gasteiger partial charge in [-0.2, -0.15) is 0 Å². The van der Waals surface area contributed by atoms with Gasteiger partial charge in [0, 0.05) is 5.25 Å². The van der Waals surface area contributed by atoms with Gasteiger partial charge in [-0.25, -0.2) is 8.42 Å². The molecule has 0 radical (unpaired) electrons. The van der Waals surface area contributed by atoms with Crippen LogP contribution >= 0.6 is 0 Å². The molecule has 0 aliphatic heterocycles. The molecule has 0 aromatic rings. The van der Waals surface area contributed by atoms with Crippen molar-refractivity contribution in [1.82, 2.24) is 0 Å². The largest absolute Gasteiger partial charge is 1.00 e. The maximum absolute atomic E-state index is 11.5. The van der Waals surface area contributed by atoms with Crippen LogP contribution in [-0.2, 0) is 10.1 Å². The summed E-state index contributed by atoms with van der Waals surface area (Å²) in [4.78, 5) is 0. The van der Waals surface area contributed by atoms with Gasteiger partial charge < -0.3 is 9.66 Å². The Morgan fingerprint density at radius 1 is 0.655 bits per heavy atom. The van der Waals surface area contributed by atoms with Crippen LogP contribution in [0, 0.1) is 0 Å². The number of unbranched alkanes of at least 4 members (excludes halogenated alkanes) is 13. The topological polar surface area (TPSA) is 77.4 Å². The first kappa shape index (κ1) is 32.1. The SMILES string of the molecule is CCCCCCCCC(CCCCCCCCCCCC(O)CC)S(=O)(=O)[O-].[Na+]. The molecule has 0 bridgehead atoms. The van der Waals surface area contributed by atoms with Crippen LogP contribution < -0.4 is 29.6 Å². The first-order valence-corrected chi connectivity index (χ1v) is 13.5. The fourth-order valence-corrected chi connectivity index (χ4v) is 4.69. The molecule has 0 heterocycles. The van der Waals surface area contributed by atoms with Crippen molar-refractivity contribution in [2.24, 2.45) is 0 Å². The molecule has 0 spiro atoms. The van der Waals surface area contributed by atoms with Crippen molar-refractivity contribution < 1.29 is 47.6 Å². The molecule has 2 unspecified atom stereocenters. The minimum absolute atomic E-state index is 0. The van der Waals surface area contributed by atoms with E-state index in [1.165, 1.54) is 51.4 Å². The van der Waals surface area contributed by atoms with Crippen LogP contribution in [0.3, 0.4) is 0 Å². The summed E-state index contributed by atoms with van der Waals surface area (Å²) in [6.07, 6.45) is 19.8. The third-order valence-corrected chi connectivity index (χ3v) is 7.11. The van der Waals surface area contributed by atoms with Crippen LogP contribution in [0.2, 0.25) is 0 Å². The second-order valence-corrected chi connectivity index (χ2v) is 10.1. The Hall–Kier alpha value is 0.870. The molecule has 0 aromatic carbocycles. The van der Waals surface area contributed by atoms with Crippen LogP contribution in [-0.4, -0.2) is 29.4 Å². The number of rotatable bonds is 21. The molecule has 0 rings (SSSR count). The molecule has 4 nitrogen and oxygen atoms in total. The Balaban J connectivity index is 0. The first-order valence-electron chi connectivity index (χ1n) is 12.0. The van der Waals surface area contributed by atoms with Gasteiger partial charge in [0.1, 0.15) is 0 Å². The zero-order valence-electron chi connectivity index (χ0n) is 19.7. The third-order valence-electron chi connectivity index (χ3n) is 5.82. The van der Waals surface area contributed by atoms with Gasteiger partial charge in [0.2, 0.25) is 0 Å². The van der Waals surface area contributed by atoms with Gasteiger partial charge in [-0.05, 0) is 25.7 Å². The quantitative estimate of drug-likeness (QED) is 0.167. The zero-order chi connectivity index (χ0) is 21.1. The van der Waals surface area contributed by atoms with Gasteiger partial charge in [-0.1, -0.05) is 110 Å². The third kappa shape index (κ3) is 21.9. The fourth-order valence-electron chi connectivity index (χ4n) is 3.78. The monoisotopic (exact) mass is 442 g/mol. The van der Waals surface area contributed by atoms with Crippen LogP contribution in [0.25, 0.3) is 0 Å². The van der Waals surface area contributed by atoms with E-state index in [1.54, 1.807) is 0 Å². The van der Waals surface area contributed by atoms with Crippen LogP contribution in [0.5, 0.6) is 0 Å². The minimum atomic E-state index is -4.15. The molecule has 0 saturated heterocycles. The molecule has 0 aliphatic rings. The van der Waals surface area contributed by atoms with Gasteiger partial charge in [0.25, 0.3) is 0 Å². The normalized spacial score (nSPS) is 13.8. The van der Waals surface area contributed by atoms with Crippen LogP contribution in [0.1, 0.15) is 136 Å².